The Labute approximate surface area is 198 Å². The predicted octanol–water partition coefficient (Wildman–Crippen LogP) is 6.91. The number of methoxy groups -OCH3 is 1. The highest BCUT2D eigenvalue weighted by atomic mass is 16.5. The van der Waals surface area contributed by atoms with Crippen molar-refractivity contribution in [3.05, 3.63) is 66.2 Å². The van der Waals surface area contributed by atoms with Gasteiger partial charge in [-0.2, -0.15) is 0 Å². The summed E-state index contributed by atoms with van der Waals surface area (Å²) in [7, 11) is 1.92. The Kier molecular flexibility index (Phi) is 3.63. The standard InChI is InChI=1S/C30H29N3O/c1-4-17-13-18-14-24(30(17)34-3)33-23-12-8-5-9-19(23)26-21-15-31-16(2)25(21)27-20-10-6-7-11-22(20)32(18)29(27)28(26)33/h5-12,17-18,24,30-31H,2,4,13-15H2,1,3H3. The number of para-hydroxylation sites is 2. The molecule has 0 radical (unpaired) electrons. The van der Waals surface area contributed by atoms with E-state index in [2.05, 4.69) is 76.5 Å². The van der Waals surface area contributed by atoms with Crippen LogP contribution in [0.4, 0.5) is 0 Å². The van der Waals surface area contributed by atoms with Crippen molar-refractivity contribution in [3.8, 4) is 0 Å². The summed E-state index contributed by atoms with van der Waals surface area (Å²) in [5.41, 5.74) is 9.29. The van der Waals surface area contributed by atoms with Crippen molar-refractivity contribution in [1.29, 1.82) is 0 Å². The highest BCUT2D eigenvalue weighted by Crippen LogP contribution is 2.54. The van der Waals surface area contributed by atoms with Crippen molar-refractivity contribution < 1.29 is 4.74 Å². The lowest BCUT2D eigenvalue weighted by Crippen LogP contribution is -2.39. The van der Waals surface area contributed by atoms with Crippen LogP contribution in [0.1, 0.15) is 49.4 Å². The molecule has 0 saturated heterocycles. The second-order valence-corrected chi connectivity index (χ2v) is 10.5. The molecule has 3 aromatic carbocycles. The number of hydrogen-bond donors (Lipinski definition) is 1. The first-order valence-corrected chi connectivity index (χ1v) is 12.7. The summed E-state index contributed by atoms with van der Waals surface area (Å²) in [5.74, 6) is 0.541. The van der Waals surface area contributed by atoms with E-state index >= 15 is 0 Å². The second-order valence-electron chi connectivity index (χ2n) is 10.5. The summed E-state index contributed by atoms with van der Waals surface area (Å²) in [6, 6.07) is 18.8. The van der Waals surface area contributed by atoms with Crippen LogP contribution in [-0.2, 0) is 11.3 Å². The molecule has 4 unspecified atom stereocenters. The molecule has 2 aliphatic heterocycles. The van der Waals surface area contributed by atoms with Crippen molar-refractivity contribution in [2.24, 2.45) is 5.92 Å². The highest BCUT2D eigenvalue weighted by molar-refractivity contribution is 6.27. The lowest BCUT2D eigenvalue weighted by molar-refractivity contribution is -0.0251. The van der Waals surface area contributed by atoms with Gasteiger partial charge >= 0.3 is 0 Å². The van der Waals surface area contributed by atoms with Gasteiger partial charge in [0.05, 0.1) is 23.2 Å². The molecule has 2 aromatic heterocycles. The lowest BCUT2D eigenvalue weighted by Gasteiger charge is -2.41. The smallest absolute Gasteiger partial charge is 0.0808 e. The van der Waals surface area contributed by atoms with Gasteiger partial charge in [0.1, 0.15) is 0 Å². The molecule has 1 saturated carbocycles. The zero-order valence-electron chi connectivity index (χ0n) is 19.8. The molecule has 4 atom stereocenters. The average Bonchev–Trinajstić information content (AvgIpc) is 3.50. The fourth-order valence-corrected chi connectivity index (χ4v) is 7.86. The van der Waals surface area contributed by atoms with E-state index in [1.807, 2.05) is 7.11 Å². The summed E-state index contributed by atoms with van der Waals surface area (Å²) in [5, 5.41) is 9.11. The first-order valence-electron chi connectivity index (χ1n) is 12.7. The molecule has 4 heterocycles. The van der Waals surface area contributed by atoms with Crippen molar-refractivity contribution in [2.45, 2.75) is 50.9 Å². The van der Waals surface area contributed by atoms with Crippen LogP contribution in [0.25, 0.3) is 49.3 Å². The van der Waals surface area contributed by atoms with E-state index in [0.717, 1.165) is 25.1 Å². The van der Waals surface area contributed by atoms with Crippen LogP contribution in [-0.4, -0.2) is 22.3 Å². The molecule has 34 heavy (non-hydrogen) atoms. The van der Waals surface area contributed by atoms with E-state index in [1.54, 1.807) is 0 Å². The maximum atomic E-state index is 6.30. The molecule has 1 fully saturated rings. The van der Waals surface area contributed by atoms with Gasteiger partial charge in [0, 0.05) is 63.5 Å². The Balaban J connectivity index is 1.70. The Hall–Kier alpha value is -3.24. The van der Waals surface area contributed by atoms with Crippen LogP contribution in [0.2, 0.25) is 0 Å². The summed E-state index contributed by atoms with van der Waals surface area (Å²) in [6.45, 7) is 7.64. The third-order valence-corrected chi connectivity index (χ3v) is 9.11. The van der Waals surface area contributed by atoms with Crippen LogP contribution in [0.3, 0.4) is 0 Å². The maximum absolute atomic E-state index is 6.30. The maximum Gasteiger partial charge on any atom is 0.0808 e. The molecular formula is C30H29N3O. The molecule has 5 aromatic rings. The molecule has 4 heteroatoms. The SMILES string of the molecule is C=C1NCc2c1c1c3ccccc3n3c1c1c2c2ccccc2n1C1CC3CC(CC)C1OC. The Morgan fingerprint density at radius 2 is 1.62 bits per heavy atom. The first-order chi connectivity index (χ1) is 16.7. The average molecular weight is 448 g/mol. The topological polar surface area (TPSA) is 31.1 Å². The number of fused-ring (bicyclic) bond motifs is 13. The van der Waals surface area contributed by atoms with Crippen LogP contribution in [0, 0.1) is 5.92 Å². The fourth-order valence-electron chi connectivity index (χ4n) is 7.86. The number of hydrogen-bond acceptors (Lipinski definition) is 2. The molecule has 170 valence electrons. The molecule has 0 amide bonds. The third-order valence-electron chi connectivity index (χ3n) is 9.11. The quantitative estimate of drug-likeness (QED) is 0.319. The van der Waals surface area contributed by atoms with E-state index < -0.39 is 0 Å². The largest absolute Gasteiger partial charge is 0.381 e. The third kappa shape index (κ3) is 2.06. The molecule has 3 aliphatic rings. The van der Waals surface area contributed by atoms with E-state index in [9.17, 15) is 0 Å². The molecule has 1 N–H and O–H groups in total. The van der Waals surface area contributed by atoms with Gasteiger partial charge in [0.25, 0.3) is 0 Å². The van der Waals surface area contributed by atoms with Crippen molar-refractivity contribution >= 4 is 49.3 Å². The molecular weight excluding hydrogens is 418 g/mol. The number of nitrogens with zero attached hydrogens (tertiary/aromatic N) is 2. The molecule has 1 aliphatic carbocycles. The van der Waals surface area contributed by atoms with E-state index in [-0.39, 0.29) is 6.10 Å². The first kappa shape index (κ1) is 19.1. The van der Waals surface area contributed by atoms with E-state index in [4.69, 9.17) is 4.74 Å². The monoisotopic (exact) mass is 447 g/mol. The number of rotatable bonds is 2. The number of nitrogens with one attached hydrogen (secondary N) is 1. The fraction of sp³-hybridized carbons (Fsp3) is 0.333. The minimum atomic E-state index is 0.229. The van der Waals surface area contributed by atoms with Crippen LogP contribution in [0.15, 0.2) is 55.1 Å². The minimum Gasteiger partial charge on any atom is -0.381 e. The van der Waals surface area contributed by atoms with Crippen LogP contribution < -0.4 is 5.32 Å². The Bertz CT molecular complexity index is 1690. The van der Waals surface area contributed by atoms with Gasteiger partial charge in [-0.15, -0.1) is 0 Å². The minimum absolute atomic E-state index is 0.229. The van der Waals surface area contributed by atoms with Gasteiger partial charge < -0.3 is 19.2 Å². The van der Waals surface area contributed by atoms with Crippen LogP contribution >= 0.6 is 0 Å². The lowest BCUT2D eigenvalue weighted by atomic mass is 9.78. The van der Waals surface area contributed by atoms with Gasteiger partial charge in [-0.1, -0.05) is 56.3 Å². The Morgan fingerprint density at radius 1 is 0.941 bits per heavy atom. The highest BCUT2D eigenvalue weighted by Gasteiger charge is 2.44. The molecule has 2 bridgehead atoms. The predicted molar refractivity (Wildman–Crippen MR) is 140 cm³/mol. The van der Waals surface area contributed by atoms with Gasteiger partial charge in [0.15, 0.2) is 0 Å². The number of ether oxygens (including phenoxy) is 1. The molecule has 0 spiro atoms. The summed E-state index contributed by atoms with van der Waals surface area (Å²) < 4.78 is 11.7. The normalized spacial score (nSPS) is 25.5. The van der Waals surface area contributed by atoms with Gasteiger partial charge in [-0.3, -0.25) is 0 Å². The molecule has 8 rings (SSSR count). The van der Waals surface area contributed by atoms with Gasteiger partial charge in [-0.25, -0.2) is 0 Å². The van der Waals surface area contributed by atoms with Crippen molar-refractivity contribution in [2.75, 3.05) is 7.11 Å². The van der Waals surface area contributed by atoms with Crippen molar-refractivity contribution in [3.63, 3.8) is 0 Å². The summed E-state index contributed by atoms with van der Waals surface area (Å²) in [4.78, 5) is 0. The Morgan fingerprint density at radius 3 is 2.35 bits per heavy atom. The van der Waals surface area contributed by atoms with E-state index in [0.29, 0.717) is 18.0 Å². The number of aromatic nitrogens is 2. The van der Waals surface area contributed by atoms with Gasteiger partial charge in [0.2, 0.25) is 0 Å². The zero-order chi connectivity index (χ0) is 22.7. The summed E-state index contributed by atoms with van der Waals surface area (Å²) >= 11 is 0. The zero-order valence-corrected chi connectivity index (χ0v) is 19.8. The van der Waals surface area contributed by atoms with Crippen LogP contribution in [0.5, 0.6) is 0 Å². The van der Waals surface area contributed by atoms with Gasteiger partial charge in [-0.05, 0) is 36.5 Å². The summed E-state index contributed by atoms with van der Waals surface area (Å²) in [6.07, 6.45) is 3.64. The van der Waals surface area contributed by atoms with E-state index in [1.165, 1.54) is 61.2 Å². The second kappa shape index (κ2) is 6.45. The number of benzene rings is 3. The van der Waals surface area contributed by atoms with Crippen molar-refractivity contribution in [1.82, 2.24) is 14.5 Å². The molecule has 4 nitrogen and oxygen atoms in total.